The van der Waals surface area contributed by atoms with E-state index in [4.69, 9.17) is 9.47 Å². The van der Waals surface area contributed by atoms with E-state index in [9.17, 15) is 9.59 Å². The Morgan fingerprint density at radius 3 is 2.62 bits per heavy atom. The summed E-state index contributed by atoms with van der Waals surface area (Å²) in [4.78, 5) is 23.2. The van der Waals surface area contributed by atoms with Gasteiger partial charge in [0.15, 0.2) is 11.9 Å². The first-order chi connectivity index (χ1) is 10.2. The summed E-state index contributed by atoms with van der Waals surface area (Å²) in [5.41, 5.74) is 1.88. The maximum absolute atomic E-state index is 12.0. The van der Waals surface area contributed by atoms with Gasteiger partial charge in [-0.3, -0.25) is 4.79 Å². The van der Waals surface area contributed by atoms with Crippen LogP contribution in [-0.2, 0) is 20.7 Å². The molecule has 1 aliphatic heterocycles. The van der Waals surface area contributed by atoms with Gasteiger partial charge in [0.1, 0.15) is 0 Å². The van der Waals surface area contributed by atoms with E-state index in [0.29, 0.717) is 32.5 Å². The summed E-state index contributed by atoms with van der Waals surface area (Å²) >= 11 is 0. The molecule has 21 heavy (non-hydrogen) atoms. The Balaban J connectivity index is 1.64. The van der Waals surface area contributed by atoms with E-state index in [2.05, 4.69) is 6.58 Å². The van der Waals surface area contributed by atoms with Gasteiger partial charge < -0.3 is 9.47 Å². The molecule has 1 saturated heterocycles. The average molecular weight is 288 g/mol. The van der Waals surface area contributed by atoms with E-state index >= 15 is 0 Å². The molecule has 0 radical (unpaired) electrons. The number of Topliss-reactive ketones (excluding diaryl/α,β-unsaturated/α-hetero) is 1. The molecule has 1 atom stereocenters. The Labute approximate surface area is 124 Å². The van der Waals surface area contributed by atoms with Crippen LogP contribution in [0.1, 0.15) is 35.2 Å². The van der Waals surface area contributed by atoms with Crippen molar-refractivity contribution in [3.63, 3.8) is 0 Å². The number of esters is 1. The van der Waals surface area contributed by atoms with Gasteiger partial charge in [-0.25, -0.2) is 4.79 Å². The number of unbranched alkanes of at least 4 members (excludes halogenated alkanes) is 1. The summed E-state index contributed by atoms with van der Waals surface area (Å²) in [6.07, 6.45) is 4.18. The number of carbonyl (C=O) groups is 2. The summed E-state index contributed by atoms with van der Waals surface area (Å²) in [6, 6.07) is 7.61. The predicted octanol–water partition coefficient (Wildman–Crippen LogP) is 2.71. The van der Waals surface area contributed by atoms with Crippen LogP contribution in [0.5, 0.6) is 0 Å². The molecule has 0 amide bonds. The van der Waals surface area contributed by atoms with Gasteiger partial charge in [-0.1, -0.05) is 30.3 Å². The van der Waals surface area contributed by atoms with Crippen LogP contribution in [0.4, 0.5) is 0 Å². The molecule has 2 rings (SSSR count). The number of hydrogen-bond donors (Lipinski definition) is 0. The minimum atomic E-state index is -0.347. The van der Waals surface area contributed by atoms with Crippen molar-refractivity contribution < 1.29 is 19.1 Å². The number of ether oxygens (including phenoxy) is 2. The van der Waals surface area contributed by atoms with Crippen molar-refractivity contribution in [1.29, 1.82) is 0 Å². The second-order valence-corrected chi connectivity index (χ2v) is 5.06. The van der Waals surface area contributed by atoms with Gasteiger partial charge in [-0.15, -0.1) is 6.58 Å². The van der Waals surface area contributed by atoms with Crippen LogP contribution in [-0.4, -0.2) is 31.1 Å². The third-order valence-electron chi connectivity index (χ3n) is 3.29. The summed E-state index contributed by atoms with van der Waals surface area (Å²) < 4.78 is 9.83. The third-order valence-corrected chi connectivity index (χ3v) is 3.29. The van der Waals surface area contributed by atoms with Gasteiger partial charge in [0.25, 0.3) is 0 Å². The number of rotatable bonds is 9. The predicted molar refractivity (Wildman–Crippen MR) is 79.2 cm³/mol. The fraction of sp³-hybridized carbons (Fsp3) is 0.412. The molecule has 1 fully saturated rings. The van der Waals surface area contributed by atoms with Gasteiger partial charge in [0.05, 0.1) is 13.2 Å². The molecule has 0 aliphatic carbocycles. The SMILES string of the molecule is C=CCc1ccc(C(=O)CCCCOC(=O)C2CO2)cc1. The second-order valence-electron chi connectivity index (χ2n) is 5.06. The monoisotopic (exact) mass is 288 g/mol. The summed E-state index contributed by atoms with van der Waals surface area (Å²) in [6.45, 7) is 4.51. The Morgan fingerprint density at radius 1 is 1.29 bits per heavy atom. The third kappa shape index (κ3) is 5.16. The summed E-state index contributed by atoms with van der Waals surface area (Å²) in [5, 5.41) is 0. The van der Waals surface area contributed by atoms with Crippen LogP contribution in [0.15, 0.2) is 36.9 Å². The van der Waals surface area contributed by atoms with Crippen LogP contribution in [0.3, 0.4) is 0 Å². The van der Waals surface area contributed by atoms with Gasteiger partial charge in [-0.05, 0) is 24.8 Å². The van der Waals surface area contributed by atoms with E-state index in [1.807, 2.05) is 30.3 Å². The minimum absolute atomic E-state index is 0.122. The van der Waals surface area contributed by atoms with Crippen LogP contribution in [0, 0.1) is 0 Å². The second kappa shape index (κ2) is 7.74. The number of benzene rings is 1. The first kappa shape index (κ1) is 15.4. The fourth-order valence-electron chi connectivity index (χ4n) is 1.98. The summed E-state index contributed by atoms with van der Waals surface area (Å²) in [5.74, 6) is -0.170. The lowest BCUT2D eigenvalue weighted by molar-refractivity contribution is -0.145. The topological polar surface area (TPSA) is 55.9 Å². The molecule has 0 aromatic heterocycles. The zero-order chi connectivity index (χ0) is 15.1. The van der Waals surface area contributed by atoms with Crippen molar-refractivity contribution in [3.8, 4) is 0 Å². The van der Waals surface area contributed by atoms with E-state index in [-0.39, 0.29) is 17.9 Å². The average Bonchev–Trinajstić information content (AvgIpc) is 3.32. The first-order valence-electron chi connectivity index (χ1n) is 7.22. The lowest BCUT2D eigenvalue weighted by Crippen LogP contribution is -2.12. The van der Waals surface area contributed by atoms with Crippen LogP contribution < -0.4 is 0 Å². The Hall–Kier alpha value is -1.94. The standard InChI is InChI=1S/C17H20O4/c1-2-5-13-7-9-14(10-8-13)15(18)6-3-4-11-20-17(19)16-12-21-16/h2,7-10,16H,1,3-6,11-12H2. The number of allylic oxidation sites excluding steroid dienone is 1. The van der Waals surface area contributed by atoms with Crippen molar-refractivity contribution in [2.24, 2.45) is 0 Å². The lowest BCUT2D eigenvalue weighted by atomic mass is 10.0. The highest BCUT2D eigenvalue weighted by atomic mass is 16.6. The van der Waals surface area contributed by atoms with Crippen molar-refractivity contribution in [2.75, 3.05) is 13.2 Å². The van der Waals surface area contributed by atoms with Crippen LogP contribution >= 0.6 is 0 Å². The number of epoxide rings is 1. The molecule has 1 aliphatic rings. The van der Waals surface area contributed by atoms with Crippen LogP contribution in [0.25, 0.3) is 0 Å². The molecular weight excluding hydrogens is 268 g/mol. The molecule has 4 nitrogen and oxygen atoms in total. The highest BCUT2D eigenvalue weighted by Crippen LogP contribution is 2.12. The zero-order valence-corrected chi connectivity index (χ0v) is 12.0. The Bertz CT molecular complexity index is 500. The number of ketones is 1. The Morgan fingerprint density at radius 2 is 2.00 bits per heavy atom. The lowest BCUT2D eigenvalue weighted by Gasteiger charge is -2.04. The molecule has 0 saturated carbocycles. The number of carbonyl (C=O) groups excluding carboxylic acids is 2. The van der Waals surface area contributed by atoms with Gasteiger partial charge >= 0.3 is 5.97 Å². The van der Waals surface area contributed by atoms with E-state index in [0.717, 1.165) is 17.5 Å². The molecule has 0 N–H and O–H groups in total. The van der Waals surface area contributed by atoms with Gasteiger partial charge in [0.2, 0.25) is 0 Å². The molecular formula is C17H20O4. The van der Waals surface area contributed by atoms with E-state index in [1.54, 1.807) is 0 Å². The zero-order valence-electron chi connectivity index (χ0n) is 12.0. The van der Waals surface area contributed by atoms with Crippen molar-refractivity contribution >= 4 is 11.8 Å². The van der Waals surface area contributed by atoms with Crippen molar-refractivity contribution in [3.05, 3.63) is 48.0 Å². The fourth-order valence-corrected chi connectivity index (χ4v) is 1.98. The number of hydrogen-bond acceptors (Lipinski definition) is 4. The highest BCUT2D eigenvalue weighted by molar-refractivity contribution is 5.96. The molecule has 1 unspecified atom stereocenters. The van der Waals surface area contributed by atoms with E-state index < -0.39 is 0 Å². The molecule has 0 bridgehead atoms. The van der Waals surface area contributed by atoms with Gasteiger partial charge in [-0.2, -0.15) is 0 Å². The minimum Gasteiger partial charge on any atom is -0.464 e. The molecule has 112 valence electrons. The maximum atomic E-state index is 12.0. The molecule has 1 aromatic rings. The van der Waals surface area contributed by atoms with E-state index in [1.165, 1.54) is 0 Å². The highest BCUT2D eigenvalue weighted by Gasteiger charge is 2.32. The Kier molecular flexibility index (Phi) is 5.69. The molecule has 4 heteroatoms. The van der Waals surface area contributed by atoms with Crippen molar-refractivity contribution in [2.45, 2.75) is 31.8 Å². The normalized spacial score (nSPS) is 16.3. The first-order valence-corrected chi connectivity index (χ1v) is 7.22. The largest absolute Gasteiger partial charge is 0.464 e. The van der Waals surface area contributed by atoms with Gasteiger partial charge in [0, 0.05) is 12.0 Å². The maximum Gasteiger partial charge on any atom is 0.337 e. The van der Waals surface area contributed by atoms with Crippen molar-refractivity contribution in [1.82, 2.24) is 0 Å². The summed E-state index contributed by atoms with van der Waals surface area (Å²) in [7, 11) is 0. The molecule has 1 aromatic carbocycles. The van der Waals surface area contributed by atoms with Crippen LogP contribution in [0.2, 0.25) is 0 Å². The molecule has 1 heterocycles. The molecule has 0 spiro atoms. The smallest absolute Gasteiger partial charge is 0.337 e. The quantitative estimate of drug-likeness (QED) is 0.230.